The van der Waals surface area contributed by atoms with Gasteiger partial charge in [-0.05, 0) is 52.5 Å². The number of aryl methyl sites for hydroxylation is 1. The molecule has 1 fully saturated rings. The topological polar surface area (TPSA) is 51.5 Å². The number of hydrogen-bond donors (Lipinski definition) is 0. The first-order valence-corrected chi connectivity index (χ1v) is 10.8. The molecule has 0 N–H and O–H groups in total. The van der Waals surface area contributed by atoms with Gasteiger partial charge >= 0.3 is 6.09 Å². The van der Waals surface area contributed by atoms with Crippen molar-refractivity contribution in [3.63, 3.8) is 0 Å². The molecular formula is C23H20BrFN2O3. The van der Waals surface area contributed by atoms with E-state index in [0.717, 1.165) is 35.1 Å². The van der Waals surface area contributed by atoms with E-state index in [2.05, 4.69) is 20.5 Å². The van der Waals surface area contributed by atoms with Crippen molar-refractivity contribution in [2.45, 2.75) is 37.8 Å². The second-order valence-corrected chi connectivity index (χ2v) is 8.77. The van der Waals surface area contributed by atoms with Crippen LogP contribution in [-0.4, -0.2) is 34.1 Å². The van der Waals surface area contributed by atoms with Crippen LogP contribution in [-0.2, 0) is 22.5 Å². The highest BCUT2D eigenvalue weighted by atomic mass is 79.9. The lowest BCUT2D eigenvalue weighted by molar-refractivity contribution is -0.129. The summed E-state index contributed by atoms with van der Waals surface area (Å²) < 4.78 is 21.8. The Morgan fingerprint density at radius 3 is 2.80 bits per heavy atom. The van der Waals surface area contributed by atoms with Gasteiger partial charge in [0.15, 0.2) is 0 Å². The summed E-state index contributed by atoms with van der Waals surface area (Å²) in [5.41, 5.74) is 2.90. The van der Waals surface area contributed by atoms with E-state index in [4.69, 9.17) is 4.74 Å². The molecule has 1 aromatic heterocycles. The molecule has 0 aliphatic carbocycles. The monoisotopic (exact) mass is 470 g/mol. The number of imide groups is 1. The second-order valence-electron chi connectivity index (χ2n) is 7.92. The summed E-state index contributed by atoms with van der Waals surface area (Å²) in [4.78, 5) is 26.7. The molecule has 0 saturated carbocycles. The van der Waals surface area contributed by atoms with Gasteiger partial charge in [0.1, 0.15) is 12.4 Å². The normalized spacial score (nSPS) is 20.6. The third-order valence-corrected chi connectivity index (χ3v) is 6.71. The minimum absolute atomic E-state index is 0.00867. The fourth-order valence-electron chi connectivity index (χ4n) is 4.64. The molecule has 3 heterocycles. The molecule has 2 aliphatic rings. The number of nitrogens with zero attached hydrogens (tertiary/aromatic N) is 2. The average Bonchev–Trinajstić information content (AvgIpc) is 3.38. The van der Waals surface area contributed by atoms with Gasteiger partial charge in [-0.2, -0.15) is 0 Å². The van der Waals surface area contributed by atoms with Gasteiger partial charge in [-0.3, -0.25) is 4.79 Å². The van der Waals surface area contributed by atoms with Crippen LogP contribution in [0.3, 0.4) is 0 Å². The number of benzene rings is 2. The summed E-state index contributed by atoms with van der Waals surface area (Å²) in [5.74, 6) is -0.517. The van der Waals surface area contributed by atoms with Crippen molar-refractivity contribution >= 4 is 38.8 Å². The Balaban J connectivity index is 1.37. The minimum Gasteiger partial charge on any atom is -0.447 e. The molecule has 0 bridgehead atoms. The van der Waals surface area contributed by atoms with Crippen LogP contribution in [0.15, 0.2) is 53.0 Å². The highest BCUT2D eigenvalue weighted by Gasteiger charge is 2.39. The first-order valence-electron chi connectivity index (χ1n) is 10.0. The highest BCUT2D eigenvalue weighted by Crippen LogP contribution is 2.39. The molecular weight excluding hydrogens is 451 g/mol. The molecule has 2 amide bonds. The van der Waals surface area contributed by atoms with E-state index in [9.17, 15) is 14.0 Å². The van der Waals surface area contributed by atoms with Crippen molar-refractivity contribution in [1.82, 2.24) is 9.47 Å². The van der Waals surface area contributed by atoms with Gasteiger partial charge in [-0.15, -0.1) is 0 Å². The number of aromatic nitrogens is 1. The van der Waals surface area contributed by atoms with Gasteiger partial charge in [0.05, 0.1) is 11.6 Å². The molecule has 0 radical (unpaired) electrons. The molecule has 2 atom stereocenters. The smallest absolute Gasteiger partial charge is 0.416 e. The fraction of sp³-hybridized carbons (Fsp3) is 0.304. The predicted octanol–water partition coefficient (Wildman–Crippen LogP) is 5.01. The van der Waals surface area contributed by atoms with Crippen LogP contribution in [0.4, 0.5) is 9.18 Å². The van der Waals surface area contributed by atoms with E-state index in [1.54, 1.807) is 0 Å². The van der Waals surface area contributed by atoms with Gasteiger partial charge in [0.2, 0.25) is 5.91 Å². The van der Waals surface area contributed by atoms with Crippen molar-refractivity contribution < 1.29 is 18.7 Å². The number of ether oxygens (including phenoxy) is 1. The lowest BCUT2D eigenvalue weighted by atomic mass is 9.98. The zero-order valence-corrected chi connectivity index (χ0v) is 17.8. The lowest BCUT2D eigenvalue weighted by Gasteiger charge is -2.21. The molecule has 1 saturated heterocycles. The van der Waals surface area contributed by atoms with E-state index in [1.807, 2.05) is 36.4 Å². The molecule has 7 heteroatoms. The molecule has 2 aromatic carbocycles. The van der Waals surface area contributed by atoms with Gasteiger partial charge in [0, 0.05) is 34.4 Å². The van der Waals surface area contributed by atoms with Gasteiger partial charge in [0.25, 0.3) is 0 Å². The molecule has 3 aromatic rings. The van der Waals surface area contributed by atoms with Crippen LogP contribution in [0.2, 0.25) is 0 Å². The first kappa shape index (κ1) is 19.3. The molecule has 154 valence electrons. The standard InChI is InChI=1S/C23H20BrFN2O3/c24-19-10-16(25)11-21-18(19)12-20-15(6-7-26(20)21)9-22(28)27-17(13-30-23(27)29)8-14-4-2-1-3-5-14/h1-5,10-12,15,17H,6-9,13H2/t15?,17-/m0/s1. The maximum Gasteiger partial charge on any atom is 0.416 e. The Morgan fingerprint density at radius 2 is 2.00 bits per heavy atom. The number of cyclic esters (lactones) is 1. The number of hydrogen-bond acceptors (Lipinski definition) is 3. The number of carbonyl (C=O) groups is 2. The largest absolute Gasteiger partial charge is 0.447 e. The van der Waals surface area contributed by atoms with Crippen LogP contribution >= 0.6 is 15.9 Å². The Hall–Kier alpha value is -2.67. The molecule has 2 aliphatic heterocycles. The van der Waals surface area contributed by atoms with E-state index in [-0.39, 0.29) is 36.7 Å². The first-order chi connectivity index (χ1) is 14.5. The molecule has 1 unspecified atom stereocenters. The molecule has 30 heavy (non-hydrogen) atoms. The lowest BCUT2D eigenvalue weighted by Crippen LogP contribution is -2.40. The summed E-state index contributed by atoms with van der Waals surface area (Å²) >= 11 is 3.43. The molecule has 0 spiro atoms. The molecule has 5 nitrogen and oxygen atoms in total. The zero-order valence-electron chi connectivity index (χ0n) is 16.2. The van der Waals surface area contributed by atoms with Crippen molar-refractivity contribution in [2.75, 3.05) is 6.61 Å². The second kappa shape index (κ2) is 7.54. The number of rotatable bonds is 4. The zero-order chi connectivity index (χ0) is 20.8. The summed E-state index contributed by atoms with van der Waals surface area (Å²) in [6.07, 6.45) is 1.04. The number of halogens is 2. The van der Waals surface area contributed by atoms with Crippen molar-refractivity contribution in [2.24, 2.45) is 0 Å². The van der Waals surface area contributed by atoms with E-state index in [1.165, 1.54) is 17.0 Å². The maximum atomic E-state index is 13.9. The van der Waals surface area contributed by atoms with E-state index in [0.29, 0.717) is 10.9 Å². The Labute approximate surface area is 181 Å². The number of carbonyl (C=O) groups excluding carboxylic acids is 2. The van der Waals surface area contributed by atoms with Crippen LogP contribution in [0.5, 0.6) is 0 Å². The van der Waals surface area contributed by atoms with Gasteiger partial charge in [-0.1, -0.05) is 30.3 Å². The van der Waals surface area contributed by atoms with E-state index >= 15 is 0 Å². The quantitative estimate of drug-likeness (QED) is 0.538. The van der Waals surface area contributed by atoms with Crippen molar-refractivity contribution in [1.29, 1.82) is 0 Å². The van der Waals surface area contributed by atoms with Crippen LogP contribution in [0.25, 0.3) is 10.9 Å². The Morgan fingerprint density at radius 1 is 1.20 bits per heavy atom. The summed E-state index contributed by atoms with van der Waals surface area (Å²) in [7, 11) is 0. The fourth-order valence-corrected chi connectivity index (χ4v) is 5.18. The third-order valence-electron chi connectivity index (χ3n) is 6.05. The van der Waals surface area contributed by atoms with Crippen LogP contribution in [0.1, 0.15) is 30.0 Å². The van der Waals surface area contributed by atoms with Crippen molar-refractivity contribution in [3.8, 4) is 0 Å². The Kier molecular flexibility index (Phi) is 4.85. The maximum absolute atomic E-state index is 13.9. The molecule has 5 rings (SSSR count). The summed E-state index contributed by atoms with van der Waals surface area (Å²) in [6.45, 7) is 0.946. The number of amides is 2. The Bertz CT molecular complexity index is 1140. The number of fused-ring (bicyclic) bond motifs is 3. The van der Waals surface area contributed by atoms with Gasteiger partial charge in [-0.25, -0.2) is 14.1 Å². The average molecular weight is 471 g/mol. The summed E-state index contributed by atoms with van der Waals surface area (Å²) in [6, 6.07) is 14.5. The summed E-state index contributed by atoms with van der Waals surface area (Å²) in [5, 5.41) is 0.936. The predicted molar refractivity (Wildman–Crippen MR) is 114 cm³/mol. The van der Waals surface area contributed by atoms with Crippen LogP contribution < -0.4 is 0 Å². The minimum atomic E-state index is -0.565. The van der Waals surface area contributed by atoms with E-state index < -0.39 is 6.09 Å². The third kappa shape index (κ3) is 3.31. The van der Waals surface area contributed by atoms with Gasteiger partial charge < -0.3 is 9.30 Å². The highest BCUT2D eigenvalue weighted by molar-refractivity contribution is 9.10. The van der Waals surface area contributed by atoms with Crippen LogP contribution in [0, 0.1) is 5.82 Å². The van der Waals surface area contributed by atoms with Crippen molar-refractivity contribution in [3.05, 3.63) is 70.1 Å². The SMILES string of the molecule is O=C(CC1CCn2c1cc1c(Br)cc(F)cc12)N1C(=O)OC[C@@H]1Cc1ccccc1.